The summed E-state index contributed by atoms with van der Waals surface area (Å²) in [6.07, 6.45) is 0.320. The van der Waals surface area contributed by atoms with Crippen LogP contribution in [0.1, 0.15) is 23.7 Å². The predicted molar refractivity (Wildman–Crippen MR) is 59.6 cm³/mol. The summed E-state index contributed by atoms with van der Waals surface area (Å²) >= 11 is 0. The molecule has 1 heterocycles. The molecule has 2 rings (SSSR count). The Morgan fingerprint density at radius 3 is 2.94 bits per heavy atom. The molecule has 0 saturated heterocycles. The number of benzene rings is 1. The van der Waals surface area contributed by atoms with Crippen molar-refractivity contribution in [3.8, 4) is 5.75 Å². The molecule has 5 heteroatoms. The summed E-state index contributed by atoms with van der Waals surface area (Å²) in [6.45, 7) is 1.72. The number of hydrogen-bond donors (Lipinski definition) is 2. The Bertz CT molecular complexity index is 469. The van der Waals surface area contributed by atoms with Crippen molar-refractivity contribution in [3.63, 3.8) is 0 Å². The van der Waals surface area contributed by atoms with Crippen LogP contribution in [0, 0.1) is 0 Å². The van der Waals surface area contributed by atoms with Crippen molar-refractivity contribution < 1.29 is 14.3 Å². The highest BCUT2D eigenvalue weighted by Crippen LogP contribution is 2.36. The minimum Gasteiger partial charge on any atom is -0.490 e. The molecule has 0 saturated carbocycles. The number of Topliss-reactive ketones (excluding diaryl/α,β-unsaturated/α-hetero) is 1. The maximum absolute atomic E-state index is 11.7. The molecule has 1 aliphatic rings. The summed E-state index contributed by atoms with van der Waals surface area (Å²) in [7, 11) is 0. The summed E-state index contributed by atoms with van der Waals surface area (Å²) in [5, 5.41) is 2.61. The van der Waals surface area contributed by atoms with Gasteiger partial charge in [-0.3, -0.25) is 9.59 Å². The van der Waals surface area contributed by atoms with Crippen LogP contribution in [-0.4, -0.2) is 18.3 Å². The largest absolute Gasteiger partial charge is 0.490 e. The zero-order chi connectivity index (χ0) is 11.7. The van der Waals surface area contributed by atoms with Gasteiger partial charge in [0.15, 0.2) is 11.5 Å². The summed E-state index contributed by atoms with van der Waals surface area (Å²) < 4.78 is 5.39. The van der Waals surface area contributed by atoms with Gasteiger partial charge in [0, 0.05) is 19.0 Å². The Hall–Kier alpha value is -2.04. The molecule has 1 aromatic carbocycles. The fourth-order valence-electron chi connectivity index (χ4n) is 1.69. The SMILES string of the molecule is CC(=O)Nc1ccc(N)c2c1OCCC2=O. The second kappa shape index (κ2) is 3.84. The van der Waals surface area contributed by atoms with Gasteiger partial charge in [-0.1, -0.05) is 0 Å². The van der Waals surface area contributed by atoms with Gasteiger partial charge in [0.2, 0.25) is 5.91 Å². The molecule has 84 valence electrons. The van der Waals surface area contributed by atoms with Gasteiger partial charge in [-0.25, -0.2) is 0 Å². The number of fused-ring (bicyclic) bond motifs is 1. The first-order valence-electron chi connectivity index (χ1n) is 4.95. The van der Waals surface area contributed by atoms with Crippen LogP contribution in [-0.2, 0) is 4.79 Å². The van der Waals surface area contributed by atoms with Gasteiger partial charge < -0.3 is 15.8 Å². The van der Waals surface area contributed by atoms with Gasteiger partial charge in [-0.15, -0.1) is 0 Å². The van der Waals surface area contributed by atoms with Gasteiger partial charge in [-0.2, -0.15) is 0 Å². The third-order valence-corrected chi connectivity index (χ3v) is 2.35. The van der Waals surface area contributed by atoms with E-state index in [0.29, 0.717) is 35.7 Å². The number of rotatable bonds is 1. The van der Waals surface area contributed by atoms with Gasteiger partial charge >= 0.3 is 0 Å². The van der Waals surface area contributed by atoms with E-state index in [9.17, 15) is 9.59 Å². The molecule has 5 nitrogen and oxygen atoms in total. The monoisotopic (exact) mass is 220 g/mol. The number of ketones is 1. The molecule has 16 heavy (non-hydrogen) atoms. The highest BCUT2D eigenvalue weighted by molar-refractivity contribution is 6.07. The lowest BCUT2D eigenvalue weighted by Gasteiger charge is -2.20. The average molecular weight is 220 g/mol. The van der Waals surface area contributed by atoms with Crippen molar-refractivity contribution in [3.05, 3.63) is 17.7 Å². The van der Waals surface area contributed by atoms with Crippen LogP contribution in [0.3, 0.4) is 0 Å². The van der Waals surface area contributed by atoms with Gasteiger partial charge in [-0.05, 0) is 12.1 Å². The average Bonchev–Trinajstić information content (AvgIpc) is 2.22. The van der Waals surface area contributed by atoms with E-state index >= 15 is 0 Å². The number of nitrogens with one attached hydrogen (secondary N) is 1. The Kier molecular flexibility index (Phi) is 2.52. The molecule has 0 fully saturated rings. The highest BCUT2D eigenvalue weighted by atomic mass is 16.5. The Morgan fingerprint density at radius 2 is 2.25 bits per heavy atom. The quantitative estimate of drug-likeness (QED) is 0.696. The van der Waals surface area contributed by atoms with Crippen LogP contribution in [0.5, 0.6) is 5.75 Å². The van der Waals surface area contributed by atoms with E-state index in [4.69, 9.17) is 10.5 Å². The first-order chi connectivity index (χ1) is 7.59. The molecule has 0 atom stereocenters. The predicted octanol–water partition coefficient (Wildman–Crippen LogP) is 1.19. The zero-order valence-corrected chi connectivity index (χ0v) is 8.87. The Balaban J connectivity index is 2.53. The van der Waals surface area contributed by atoms with E-state index in [1.54, 1.807) is 12.1 Å². The Morgan fingerprint density at radius 1 is 1.50 bits per heavy atom. The summed E-state index contributed by atoms with van der Waals surface area (Å²) in [5.41, 5.74) is 6.96. The molecule has 0 radical (unpaired) electrons. The molecule has 1 aliphatic heterocycles. The minimum atomic E-state index is -0.214. The van der Waals surface area contributed by atoms with Crippen LogP contribution in [0.2, 0.25) is 0 Å². The van der Waals surface area contributed by atoms with Crippen LogP contribution < -0.4 is 15.8 Å². The van der Waals surface area contributed by atoms with Gasteiger partial charge in [0.05, 0.1) is 17.9 Å². The fraction of sp³-hybridized carbons (Fsp3) is 0.273. The minimum absolute atomic E-state index is 0.0500. The molecule has 3 N–H and O–H groups in total. The molecular weight excluding hydrogens is 208 g/mol. The zero-order valence-electron chi connectivity index (χ0n) is 8.87. The van der Waals surface area contributed by atoms with Crippen molar-refractivity contribution in [1.29, 1.82) is 0 Å². The lowest BCUT2D eigenvalue weighted by Crippen LogP contribution is -2.19. The van der Waals surface area contributed by atoms with Gasteiger partial charge in [0.1, 0.15) is 0 Å². The summed E-state index contributed by atoms with van der Waals surface area (Å²) in [5.74, 6) is 0.117. The van der Waals surface area contributed by atoms with E-state index in [-0.39, 0.29) is 11.7 Å². The highest BCUT2D eigenvalue weighted by Gasteiger charge is 2.24. The molecule has 0 bridgehead atoms. The third-order valence-electron chi connectivity index (χ3n) is 2.35. The maximum atomic E-state index is 11.7. The number of amides is 1. The van der Waals surface area contributed by atoms with Crippen LogP contribution in [0.15, 0.2) is 12.1 Å². The second-order valence-electron chi connectivity index (χ2n) is 3.61. The van der Waals surface area contributed by atoms with E-state index in [1.165, 1.54) is 6.92 Å². The van der Waals surface area contributed by atoms with Crippen molar-refractivity contribution in [2.75, 3.05) is 17.7 Å². The maximum Gasteiger partial charge on any atom is 0.221 e. The van der Waals surface area contributed by atoms with E-state index in [2.05, 4.69) is 5.32 Å². The molecule has 0 aromatic heterocycles. The molecule has 1 aromatic rings. The third kappa shape index (κ3) is 1.71. The number of carbonyl (C=O) groups excluding carboxylic acids is 2. The summed E-state index contributed by atoms with van der Waals surface area (Å²) in [6, 6.07) is 3.23. The van der Waals surface area contributed by atoms with Crippen LogP contribution in [0.25, 0.3) is 0 Å². The summed E-state index contributed by atoms with van der Waals surface area (Å²) in [4.78, 5) is 22.7. The van der Waals surface area contributed by atoms with Crippen LogP contribution >= 0.6 is 0 Å². The smallest absolute Gasteiger partial charge is 0.221 e. The van der Waals surface area contributed by atoms with Crippen molar-refractivity contribution in [2.24, 2.45) is 0 Å². The first-order valence-corrected chi connectivity index (χ1v) is 4.95. The molecule has 0 unspecified atom stereocenters. The Labute approximate surface area is 92.6 Å². The number of ether oxygens (including phenoxy) is 1. The standard InChI is InChI=1S/C11H12N2O3/c1-6(14)13-8-3-2-7(12)10-9(15)4-5-16-11(8)10/h2-3H,4-5,12H2,1H3,(H,13,14). The number of carbonyl (C=O) groups is 2. The number of nitrogen functional groups attached to an aromatic ring is 1. The lowest BCUT2D eigenvalue weighted by molar-refractivity contribution is -0.114. The number of nitrogens with two attached hydrogens (primary N) is 1. The number of anilines is 2. The van der Waals surface area contributed by atoms with E-state index < -0.39 is 0 Å². The second-order valence-corrected chi connectivity index (χ2v) is 3.61. The molecule has 0 spiro atoms. The lowest BCUT2D eigenvalue weighted by atomic mass is 10.0. The van der Waals surface area contributed by atoms with Gasteiger partial charge in [0.25, 0.3) is 0 Å². The molecule has 0 aliphatic carbocycles. The van der Waals surface area contributed by atoms with Crippen molar-refractivity contribution >= 4 is 23.1 Å². The number of hydrogen-bond acceptors (Lipinski definition) is 4. The molecule has 1 amide bonds. The first kappa shape index (κ1) is 10.5. The normalized spacial score (nSPS) is 13.9. The van der Waals surface area contributed by atoms with Crippen LogP contribution in [0.4, 0.5) is 11.4 Å². The van der Waals surface area contributed by atoms with Crippen molar-refractivity contribution in [1.82, 2.24) is 0 Å². The van der Waals surface area contributed by atoms with E-state index in [1.807, 2.05) is 0 Å². The molecular formula is C11H12N2O3. The van der Waals surface area contributed by atoms with E-state index in [0.717, 1.165) is 0 Å². The topological polar surface area (TPSA) is 81.4 Å². The fourth-order valence-corrected chi connectivity index (χ4v) is 1.69. The van der Waals surface area contributed by atoms with Crippen molar-refractivity contribution in [2.45, 2.75) is 13.3 Å².